The minimum Gasteiger partial charge on any atom is -0.508 e. The summed E-state index contributed by atoms with van der Waals surface area (Å²) in [5.74, 6) is 1.03. The van der Waals surface area contributed by atoms with Gasteiger partial charge in [-0.2, -0.15) is 0 Å². The van der Waals surface area contributed by atoms with Crippen LogP contribution in [0.1, 0.15) is 0 Å². The highest BCUT2D eigenvalue weighted by atomic mass is 32.1. The van der Waals surface area contributed by atoms with Crippen LogP contribution in [0.4, 0.5) is 0 Å². The monoisotopic (exact) mass is 365 g/mol. The Balaban J connectivity index is 2.00. The van der Waals surface area contributed by atoms with Crippen molar-refractivity contribution in [3.63, 3.8) is 0 Å². The second-order valence-electron chi connectivity index (χ2n) is 5.72. The number of hydrogen-bond acceptors (Lipinski definition) is 6. The second kappa shape index (κ2) is 6.27. The van der Waals surface area contributed by atoms with E-state index in [1.807, 2.05) is 36.4 Å². The summed E-state index contributed by atoms with van der Waals surface area (Å²) in [5.41, 5.74) is 1.24. The van der Waals surface area contributed by atoms with Gasteiger partial charge in [0, 0.05) is 11.5 Å². The van der Waals surface area contributed by atoms with Gasteiger partial charge in [-0.15, -0.1) is 22.8 Å². The normalized spacial score (nSPS) is 11.0. The number of thiol groups is 1. The van der Waals surface area contributed by atoms with Crippen LogP contribution in [-0.4, -0.2) is 32.1 Å². The predicted octanol–water partition coefficient (Wildman–Crippen LogP) is 3.80. The summed E-state index contributed by atoms with van der Waals surface area (Å²) in [7, 11) is 1.62. The zero-order valence-electron chi connectivity index (χ0n) is 13.8. The molecule has 0 saturated carbocycles. The van der Waals surface area contributed by atoms with Crippen molar-refractivity contribution in [2.24, 2.45) is 0 Å². The zero-order valence-corrected chi connectivity index (χ0v) is 14.7. The second-order valence-corrected chi connectivity index (χ2v) is 6.12. The number of hydrogen-bond donors (Lipinski definition) is 3. The fraction of sp³-hybridized carbons (Fsp3) is 0.0526. The van der Waals surface area contributed by atoms with Gasteiger partial charge in [-0.05, 0) is 35.7 Å². The minimum absolute atomic E-state index is 0.0293. The lowest BCUT2D eigenvalue weighted by atomic mass is 10.1. The van der Waals surface area contributed by atoms with E-state index in [4.69, 9.17) is 4.74 Å². The SMILES string of the molecule is COc1ccc2cccc(-n3c(S)nnc3-c3ccc(O)cc3O)c2c1. The van der Waals surface area contributed by atoms with E-state index < -0.39 is 0 Å². The highest BCUT2D eigenvalue weighted by molar-refractivity contribution is 7.80. The molecule has 0 saturated heterocycles. The number of methoxy groups -OCH3 is 1. The van der Waals surface area contributed by atoms with Crippen molar-refractivity contribution in [3.8, 4) is 34.3 Å². The maximum Gasteiger partial charge on any atom is 0.193 e. The third-order valence-corrected chi connectivity index (χ3v) is 4.46. The molecule has 0 amide bonds. The highest BCUT2D eigenvalue weighted by Crippen LogP contribution is 2.35. The summed E-state index contributed by atoms with van der Waals surface area (Å²) in [4.78, 5) is 0. The standard InChI is InChI=1S/C19H15N3O3S/c1-25-13-7-5-11-3-2-4-16(15(11)10-13)22-18(20-21-19(22)26)14-8-6-12(23)9-17(14)24/h2-10,23-24H,1H3,(H,21,26). The maximum absolute atomic E-state index is 10.2. The zero-order chi connectivity index (χ0) is 18.3. The number of aromatic nitrogens is 3. The van der Waals surface area contributed by atoms with Gasteiger partial charge in [0.15, 0.2) is 11.0 Å². The Morgan fingerprint density at radius 1 is 1.00 bits per heavy atom. The lowest BCUT2D eigenvalue weighted by Gasteiger charge is -2.13. The fourth-order valence-corrected chi connectivity index (χ4v) is 3.19. The minimum atomic E-state index is -0.0928. The van der Waals surface area contributed by atoms with Crippen LogP contribution < -0.4 is 4.74 Å². The summed E-state index contributed by atoms with van der Waals surface area (Å²) in [6.45, 7) is 0. The molecule has 4 aromatic rings. The lowest BCUT2D eigenvalue weighted by Crippen LogP contribution is -2.00. The molecule has 0 bridgehead atoms. The molecule has 1 heterocycles. The van der Waals surface area contributed by atoms with Gasteiger partial charge < -0.3 is 14.9 Å². The Kier molecular flexibility index (Phi) is 3.93. The van der Waals surface area contributed by atoms with Crippen LogP contribution in [0.15, 0.2) is 59.8 Å². The summed E-state index contributed by atoms with van der Waals surface area (Å²) in [6, 6.07) is 16.0. The topological polar surface area (TPSA) is 80.4 Å². The first-order valence-electron chi connectivity index (χ1n) is 7.82. The van der Waals surface area contributed by atoms with E-state index in [2.05, 4.69) is 22.8 Å². The number of phenols is 2. The van der Waals surface area contributed by atoms with E-state index in [9.17, 15) is 10.2 Å². The molecular weight excluding hydrogens is 350 g/mol. The molecule has 130 valence electrons. The van der Waals surface area contributed by atoms with Gasteiger partial charge >= 0.3 is 0 Å². The van der Waals surface area contributed by atoms with Gasteiger partial charge in [0.2, 0.25) is 0 Å². The summed E-state index contributed by atoms with van der Waals surface area (Å²) in [6.07, 6.45) is 0. The van der Waals surface area contributed by atoms with E-state index in [-0.39, 0.29) is 11.5 Å². The molecule has 7 heteroatoms. The summed E-state index contributed by atoms with van der Waals surface area (Å²) >= 11 is 4.44. The molecule has 0 aliphatic carbocycles. The van der Waals surface area contributed by atoms with E-state index >= 15 is 0 Å². The van der Waals surface area contributed by atoms with Crippen molar-refractivity contribution in [1.82, 2.24) is 14.8 Å². The van der Waals surface area contributed by atoms with Crippen molar-refractivity contribution in [2.75, 3.05) is 7.11 Å². The molecule has 0 spiro atoms. The molecular formula is C19H15N3O3S. The molecule has 26 heavy (non-hydrogen) atoms. The molecule has 2 N–H and O–H groups in total. The largest absolute Gasteiger partial charge is 0.508 e. The first-order valence-corrected chi connectivity index (χ1v) is 8.27. The summed E-state index contributed by atoms with van der Waals surface area (Å²) in [5, 5.41) is 30.3. The van der Waals surface area contributed by atoms with E-state index in [0.717, 1.165) is 22.2 Å². The van der Waals surface area contributed by atoms with Crippen molar-refractivity contribution in [1.29, 1.82) is 0 Å². The van der Waals surface area contributed by atoms with Crippen molar-refractivity contribution in [3.05, 3.63) is 54.6 Å². The van der Waals surface area contributed by atoms with Gasteiger partial charge in [-0.25, -0.2) is 0 Å². The number of ether oxygens (including phenoxy) is 1. The molecule has 0 aliphatic heterocycles. The van der Waals surface area contributed by atoms with Crippen LogP contribution in [-0.2, 0) is 0 Å². The van der Waals surface area contributed by atoms with Crippen LogP contribution >= 0.6 is 12.6 Å². The number of benzene rings is 3. The molecule has 0 radical (unpaired) electrons. The molecule has 0 atom stereocenters. The van der Waals surface area contributed by atoms with Crippen molar-refractivity contribution < 1.29 is 14.9 Å². The van der Waals surface area contributed by atoms with E-state index in [1.165, 1.54) is 12.1 Å². The van der Waals surface area contributed by atoms with Crippen LogP contribution in [0, 0.1) is 0 Å². The molecule has 1 aromatic heterocycles. The third-order valence-electron chi connectivity index (χ3n) is 4.18. The molecule has 0 fully saturated rings. The van der Waals surface area contributed by atoms with Crippen LogP contribution in [0.5, 0.6) is 17.2 Å². The Morgan fingerprint density at radius 3 is 2.62 bits per heavy atom. The predicted molar refractivity (Wildman–Crippen MR) is 101 cm³/mol. The average molecular weight is 365 g/mol. The van der Waals surface area contributed by atoms with Gasteiger partial charge in [-0.1, -0.05) is 18.2 Å². The fourth-order valence-electron chi connectivity index (χ4n) is 2.94. The van der Waals surface area contributed by atoms with E-state index in [0.29, 0.717) is 16.5 Å². The Labute approximate surface area is 154 Å². The molecule has 0 aliphatic rings. The van der Waals surface area contributed by atoms with Gasteiger partial charge in [0.25, 0.3) is 0 Å². The van der Waals surface area contributed by atoms with Gasteiger partial charge in [0.05, 0.1) is 18.4 Å². The number of nitrogens with zero attached hydrogens (tertiary/aromatic N) is 3. The number of rotatable bonds is 3. The highest BCUT2D eigenvalue weighted by Gasteiger charge is 2.18. The molecule has 4 rings (SSSR count). The molecule has 6 nitrogen and oxygen atoms in total. The smallest absolute Gasteiger partial charge is 0.193 e. The number of phenolic OH excluding ortho intramolecular Hbond substituents is 2. The Hall–Kier alpha value is -3.19. The lowest BCUT2D eigenvalue weighted by molar-refractivity contribution is 0.415. The van der Waals surface area contributed by atoms with Crippen LogP contribution in [0.3, 0.4) is 0 Å². The third kappa shape index (κ3) is 2.62. The van der Waals surface area contributed by atoms with Crippen LogP contribution in [0.25, 0.3) is 27.8 Å². The first-order chi connectivity index (χ1) is 12.6. The molecule has 0 unspecified atom stereocenters. The summed E-state index contributed by atoms with van der Waals surface area (Å²) < 4.78 is 7.09. The average Bonchev–Trinajstić information content (AvgIpc) is 3.02. The maximum atomic E-state index is 10.2. The Morgan fingerprint density at radius 2 is 1.85 bits per heavy atom. The number of fused-ring (bicyclic) bond motifs is 1. The number of aromatic hydroxyl groups is 2. The van der Waals surface area contributed by atoms with Crippen LogP contribution in [0.2, 0.25) is 0 Å². The van der Waals surface area contributed by atoms with E-state index in [1.54, 1.807) is 17.7 Å². The first kappa shape index (κ1) is 16.3. The van der Waals surface area contributed by atoms with Crippen molar-refractivity contribution >= 4 is 23.4 Å². The van der Waals surface area contributed by atoms with Crippen molar-refractivity contribution in [2.45, 2.75) is 5.16 Å². The van der Waals surface area contributed by atoms with Gasteiger partial charge in [-0.3, -0.25) is 4.57 Å². The quantitative estimate of drug-likeness (QED) is 0.481. The molecule has 3 aromatic carbocycles. The Bertz CT molecular complexity index is 1120. The van der Waals surface area contributed by atoms with Gasteiger partial charge in [0.1, 0.15) is 17.2 Å².